The first-order valence-electron chi connectivity index (χ1n) is 8.66. The van der Waals surface area contributed by atoms with Crippen molar-refractivity contribution < 1.29 is 17.6 Å². The van der Waals surface area contributed by atoms with Gasteiger partial charge in [-0.15, -0.1) is 5.10 Å². The Morgan fingerprint density at radius 2 is 1.85 bits per heavy atom. The Morgan fingerprint density at radius 1 is 1.15 bits per heavy atom. The molecule has 2 aromatic rings. The van der Waals surface area contributed by atoms with Crippen LogP contribution in [0.5, 0.6) is 0 Å². The third-order valence-corrected chi connectivity index (χ3v) is 5.85. The molecule has 0 aliphatic rings. The van der Waals surface area contributed by atoms with Crippen LogP contribution in [0.2, 0.25) is 0 Å². The van der Waals surface area contributed by atoms with Gasteiger partial charge < -0.3 is 4.42 Å². The minimum atomic E-state index is -3.56. The molecule has 0 bridgehead atoms. The lowest BCUT2D eigenvalue weighted by molar-refractivity contribution is 0.102. The van der Waals surface area contributed by atoms with Gasteiger partial charge in [0, 0.05) is 25.1 Å². The lowest BCUT2D eigenvalue weighted by atomic mass is 10.2. The van der Waals surface area contributed by atoms with Crippen LogP contribution in [0.15, 0.2) is 33.6 Å². The van der Waals surface area contributed by atoms with Gasteiger partial charge in [0.1, 0.15) is 0 Å². The summed E-state index contributed by atoms with van der Waals surface area (Å²) in [7, 11) is -3.56. The van der Waals surface area contributed by atoms with Crippen molar-refractivity contribution in [2.24, 2.45) is 0 Å². The number of sulfonamides is 1. The summed E-state index contributed by atoms with van der Waals surface area (Å²) < 4.78 is 32.0. The van der Waals surface area contributed by atoms with Crippen molar-refractivity contribution in [3.63, 3.8) is 0 Å². The molecule has 1 aromatic heterocycles. The second-order valence-electron chi connectivity index (χ2n) is 5.68. The monoisotopic (exact) mass is 380 g/mol. The Bertz CT molecular complexity index is 831. The molecular formula is C17H24N4O4S. The van der Waals surface area contributed by atoms with Crippen molar-refractivity contribution in [1.82, 2.24) is 14.5 Å². The number of hydrogen-bond donors (Lipinski definition) is 1. The second kappa shape index (κ2) is 8.91. The zero-order valence-corrected chi connectivity index (χ0v) is 16.0. The lowest BCUT2D eigenvalue weighted by Crippen LogP contribution is -2.31. The van der Waals surface area contributed by atoms with E-state index in [2.05, 4.69) is 15.5 Å². The van der Waals surface area contributed by atoms with Gasteiger partial charge in [0.15, 0.2) is 0 Å². The van der Waals surface area contributed by atoms with E-state index in [1.165, 1.54) is 28.6 Å². The molecule has 142 valence electrons. The maximum Gasteiger partial charge on any atom is 0.322 e. The number of carbonyl (C=O) groups is 1. The molecule has 26 heavy (non-hydrogen) atoms. The zero-order chi connectivity index (χ0) is 19.2. The van der Waals surface area contributed by atoms with Gasteiger partial charge in [-0.25, -0.2) is 8.42 Å². The standard InChI is InChI=1S/C17H24N4O4S/c1-4-7-12-21(6-3)26(23,24)14-10-8-13(9-11-14)16(22)18-17-20-19-15(5-2)25-17/h8-11H,4-7,12H2,1-3H3,(H,18,20,22). The largest absolute Gasteiger partial charge is 0.408 e. The maximum absolute atomic E-state index is 12.7. The van der Waals surface area contributed by atoms with Crippen molar-refractivity contribution >= 4 is 21.9 Å². The maximum atomic E-state index is 12.7. The van der Waals surface area contributed by atoms with Gasteiger partial charge in [0.25, 0.3) is 5.91 Å². The van der Waals surface area contributed by atoms with Crippen molar-refractivity contribution in [3.8, 4) is 0 Å². The van der Waals surface area contributed by atoms with Gasteiger partial charge in [-0.1, -0.05) is 32.3 Å². The molecule has 0 radical (unpaired) electrons. The average Bonchev–Trinajstić information content (AvgIpc) is 3.10. The predicted molar refractivity (Wildman–Crippen MR) is 97.4 cm³/mol. The van der Waals surface area contributed by atoms with Gasteiger partial charge >= 0.3 is 6.01 Å². The number of amides is 1. The molecule has 2 rings (SSSR count). The third kappa shape index (κ3) is 4.67. The molecule has 0 atom stereocenters. The first-order valence-corrected chi connectivity index (χ1v) is 10.1. The molecule has 1 amide bonds. The van der Waals surface area contributed by atoms with Gasteiger partial charge in [0.05, 0.1) is 4.90 Å². The Morgan fingerprint density at radius 3 is 2.38 bits per heavy atom. The Hall–Kier alpha value is -2.26. The van der Waals surface area contributed by atoms with E-state index in [1.54, 1.807) is 0 Å². The average molecular weight is 380 g/mol. The molecule has 1 heterocycles. The lowest BCUT2D eigenvalue weighted by Gasteiger charge is -2.20. The van der Waals surface area contributed by atoms with Crippen LogP contribution < -0.4 is 5.32 Å². The molecule has 0 aliphatic carbocycles. The summed E-state index contributed by atoms with van der Waals surface area (Å²) in [5, 5.41) is 9.98. The summed E-state index contributed by atoms with van der Waals surface area (Å²) in [6.07, 6.45) is 2.29. The molecule has 0 aliphatic heterocycles. The van der Waals surface area contributed by atoms with Gasteiger partial charge in [-0.3, -0.25) is 10.1 Å². The van der Waals surface area contributed by atoms with Crippen LogP contribution >= 0.6 is 0 Å². The van der Waals surface area contributed by atoms with E-state index in [0.29, 0.717) is 31.0 Å². The number of nitrogens with zero attached hydrogens (tertiary/aromatic N) is 3. The van der Waals surface area contributed by atoms with Gasteiger partial charge in [0.2, 0.25) is 15.9 Å². The molecule has 0 spiro atoms. The van der Waals surface area contributed by atoms with E-state index < -0.39 is 15.9 Å². The minimum absolute atomic E-state index is 0.0141. The van der Waals surface area contributed by atoms with Crippen molar-refractivity contribution in [2.75, 3.05) is 18.4 Å². The van der Waals surface area contributed by atoms with Crippen LogP contribution in [0.4, 0.5) is 6.01 Å². The van der Waals surface area contributed by atoms with Crippen molar-refractivity contribution in [3.05, 3.63) is 35.7 Å². The Labute approximate surface area is 153 Å². The molecule has 8 nitrogen and oxygen atoms in total. The summed E-state index contributed by atoms with van der Waals surface area (Å²) in [6.45, 7) is 6.57. The second-order valence-corrected chi connectivity index (χ2v) is 7.62. The quantitative estimate of drug-likeness (QED) is 0.717. The number of hydrogen-bond acceptors (Lipinski definition) is 6. The van der Waals surface area contributed by atoms with Crippen LogP contribution in [-0.2, 0) is 16.4 Å². The van der Waals surface area contributed by atoms with E-state index >= 15 is 0 Å². The number of benzene rings is 1. The summed E-state index contributed by atoms with van der Waals surface area (Å²) in [5.74, 6) is -0.0212. The van der Waals surface area contributed by atoms with Crippen LogP contribution in [-0.4, -0.2) is 41.9 Å². The Balaban J connectivity index is 2.12. The molecule has 0 unspecified atom stereocenters. The van der Waals surface area contributed by atoms with Gasteiger partial charge in [-0.05, 0) is 30.7 Å². The molecule has 0 fully saturated rings. The number of anilines is 1. The fourth-order valence-corrected chi connectivity index (χ4v) is 3.81. The van der Waals surface area contributed by atoms with Gasteiger partial charge in [-0.2, -0.15) is 4.31 Å². The van der Waals surface area contributed by atoms with E-state index in [9.17, 15) is 13.2 Å². The number of rotatable bonds is 9. The highest BCUT2D eigenvalue weighted by Gasteiger charge is 2.22. The van der Waals surface area contributed by atoms with Crippen LogP contribution in [0.3, 0.4) is 0 Å². The highest BCUT2D eigenvalue weighted by molar-refractivity contribution is 7.89. The van der Waals surface area contributed by atoms with Crippen LogP contribution in [0, 0.1) is 0 Å². The first kappa shape index (κ1) is 20.1. The number of unbranched alkanes of at least 4 members (excludes halogenated alkanes) is 1. The van der Waals surface area contributed by atoms with Crippen LogP contribution in [0.1, 0.15) is 49.9 Å². The fraction of sp³-hybridized carbons (Fsp3) is 0.471. The third-order valence-electron chi connectivity index (χ3n) is 3.86. The summed E-state index contributed by atoms with van der Waals surface area (Å²) >= 11 is 0. The number of aromatic nitrogens is 2. The summed E-state index contributed by atoms with van der Waals surface area (Å²) in [6, 6.07) is 5.81. The summed E-state index contributed by atoms with van der Waals surface area (Å²) in [4.78, 5) is 12.4. The summed E-state index contributed by atoms with van der Waals surface area (Å²) in [5.41, 5.74) is 0.303. The normalized spacial score (nSPS) is 11.7. The molecular weight excluding hydrogens is 356 g/mol. The number of aryl methyl sites for hydroxylation is 1. The number of carbonyl (C=O) groups excluding carboxylic acids is 1. The molecule has 1 N–H and O–H groups in total. The highest BCUT2D eigenvalue weighted by Crippen LogP contribution is 2.18. The number of nitrogens with one attached hydrogen (secondary N) is 1. The topological polar surface area (TPSA) is 105 Å². The van der Waals surface area contributed by atoms with Crippen molar-refractivity contribution in [2.45, 2.75) is 44.9 Å². The van der Waals surface area contributed by atoms with Crippen LogP contribution in [0.25, 0.3) is 0 Å². The van der Waals surface area contributed by atoms with E-state index in [4.69, 9.17) is 4.42 Å². The minimum Gasteiger partial charge on any atom is -0.408 e. The molecule has 0 saturated carbocycles. The van der Waals surface area contributed by atoms with E-state index in [1.807, 2.05) is 20.8 Å². The highest BCUT2D eigenvalue weighted by atomic mass is 32.2. The SMILES string of the molecule is CCCCN(CC)S(=O)(=O)c1ccc(C(=O)Nc2nnc(CC)o2)cc1. The first-order chi connectivity index (χ1) is 12.4. The Kier molecular flexibility index (Phi) is 6.87. The van der Waals surface area contributed by atoms with E-state index in [0.717, 1.165) is 12.8 Å². The van der Waals surface area contributed by atoms with Crippen molar-refractivity contribution in [1.29, 1.82) is 0 Å². The zero-order valence-electron chi connectivity index (χ0n) is 15.2. The van der Waals surface area contributed by atoms with E-state index in [-0.39, 0.29) is 10.9 Å². The molecule has 9 heteroatoms. The molecule has 0 saturated heterocycles. The predicted octanol–water partition coefficient (Wildman–Crippen LogP) is 2.70. The fourth-order valence-electron chi connectivity index (χ4n) is 2.33. The molecule has 1 aromatic carbocycles. The smallest absolute Gasteiger partial charge is 0.322 e.